The summed E-state index contributed by atoms with van der Waals surface area (Å²) in [5, 5.41) is 10.3. The van der Waals surface area contributed by atoms with E-state index in [-0.39, 0.29) is 6.10 Å². The van der Waals surface area contributed by atoms with Gasteiger partial charge in [-0.3, -0.25) is 0 Å². The fraction of sp³-hybridized carbons (Fsp3) is 0.647. The van der Waals surface area contributed by atoms with Crippen LogP contribution in [-0.4, -0.2) is 17.8 Å². The zero-order chi connectivity index (χ0) is 13.9. The lowest BCUT2D eigenvalue weighted by molar-refractivity contribution is -0.0386. The van der Waals surface area contributed by atoms with Gasteiger partial charge in [-0.05, 0) is 18.9 Å². The standard InChI is InChI=1S/C17H28O2/c1-3-5-6-7-11-14-16(18)17(19-4-2)15-12-9-8-10-13-15/h8-10,12-13,16-18H,3-7,11,14H2,1-2H3. The van der Waals surface area contributed by atoms with Crippen LogP contribution in [0.5, 0.6) is 0 Å². The van der Waals surface area contributed by atoms with Crippen molar-refractivity contribution in [3.63, 3.8) is 0 Å². The van der Waals surface area contributed by atoms with E-state index in [0.717, 1.165) is 18.4 Å². The van der Waals surface area contributed by atoms with Crippen LogP contribution >= 0.6 is 0 Å². The van der Waals surface area contributed by atoms with Crippen LogP contribution in [0.3, 0.4) is 0 Å². The van der Waals surface area contributed by atoms with E-state index in [2.05, 4.69) is 6.92 Å². The maximum absolute atomic E-state index is 10.3. The van der Waals surface area contributed by atoms with E-state index in [4.69, 9.17) is 4.74 Å². The Morgan fingerprint density at radius 1 is 1.00 bits per heavy atom. The number of rotatable bonds is 10. The van der Waals surface area contributed by atoms with Crippen molar-refractivity contribution in [1.29, 1.82) is 0 Å². The largest absolute Gasteiger partial charge is 0.390 e. The molecule has 0 saturated carbocycles. The van der Waals surface area contributed by atoms with Crippen molar-refractivity contribution < 1.29 is 9.84 Å². The Hall–Kier alpha value is -0.860. The van der Waals surface area contributed by atoms with Gasteiger partial charge in [-0.25, -0.2) is 0 Å². The molecule has 19 heavy (non-hydrogen) atoms. The lowest BCUT2D eigenvalue weighted by Crippen LogP contribution is -2.21. The molecule has 2 nitrogen and oxygen atoms in total. The number of unbranched alkanes of at least 4 members (excludes halogenated alkanes) is 4. The van der Waals surface area contributed by atoms with E-state index in [1.165, 1.54) is 25.7 Å². The highest BCUT2D eigenvalue weighted by atomic mass is 16.5. The van der Waals surface area contributed by atoms with Crippen LogP contribution in [0.2, 0.25) is 0 Å². The molecule has 2 atom stereocenters. The van der Waals surface area contributed by atoms with E-state index in [1.54, 1.807) is 0 Å². The third kappa shape index (κ3) is 6.22. The Morgan fingerprint density at radius 3 is 2.32 bits per heavy atom. The molecule has 1 aromatic carbocycles. The highest BCUT2D eigenvalue weighted by molar-refractivity contribution is 5.18. The molecule has 0 radical (unpaired) electrons. The first-order valence-corrected chi connectivity index (χ1v) is 7.64. The van der Waals surface area contributed by atoms with Gasteiger partial charge in [-0.15, -0.1) is 0 Å². The third-order valence-electron chi connectivity index (χ3n) is 3.43. The van der Waals surface area contributed by atoms with Crippen molar-refractivity contribution in [3.8, 4) is 0 Å². The third-order valence-corrected chi connectivity index (χ3v) is 3.43. The zero-order valence-electron chi connectivity index (χ0n) is 12.3. The number of hydrogen-bond donors (Lipinski definition) is 1. The Kier molecular flexibility index (Phi) is 8.52. The van der Waals surface area contributed by atoms with E-state index in [1.807, 2.05) is 37.3 Å². The van der Waals surface area contributed by atoms with Crippen LogP contribution in [0.25, 0.3) is 0 Å². The summed E-state index contributed by atoms with van der Waals surface area (Å²) in [7, 11) is 0. The molecule has 2 heteroatoms. The van der Waals surface area contributed by atoms with Crippen molar-refractivity contribution in [3.05, 3.63) is 35.9 Å². The SMILES string of the molecule is CCCCCCCC(O)C(OCC)c1ccccc1. The molecular weight excluding hydrogens is 236 g/mol. The molecule has 0 aliphatic carbocycles. The van der Waals surface area contributed by atoms with Gasteiger partial charge in [0.2, 0.25) is 0 Å². The van der Waals surface area contributed by atoms with Crippen LogP contribution in [-0.2, 0) is 4.74 Å². The minimum Gasteiger partial charge on any atom is -0.390 e. The second kappa shape index (κ2) is 9.99. The van der Waals surface area contributed by atoms with Crippen molar-refractivity contribution in [2.75, 3.05) is 6.61 Å². The lowest BCUT2D eigenvalue weighted by atomic mass is 9.99. The quantitative estimate of drug-likeness (QED) is 0.631. The predicted octanol–water partition coefficient (Wildman–Crippen LogP) is 4.49. The molecule has 0 fully saturated rings. The van der Waals surface area contributed by atoms with Gasteiger partial charge in [0.25, 0.3) is 0 Å². The molecule has 1 rings (SSSR count). The summed E-state index contributed by atoms with van der Waals surface area (Å²) in [5.41, 5.74) is 1.07. The Bertz CT molecular complexity index is 310. The number of hydrogen-bond acceptors (Lipinski definition) is 2. The normalized spacial score (nSPS) is 14.3. The van der Waals surface area contributed by atoms with Crippen LogP contribution < -0.4 is 0 Å². The average Bonchev–Trinajstić information content (AvgIpc) is 2.45. The smallest absolute Gasteiger partial charge is 0.108 e. The Labute approximate surface area is 117 Å². The summed E-state index contributed by atoms with van der Waals surface area (Å²) in [6, 6.07) is 10.0. The van der Waals surface area contributed by atoms with Crippen molar-refractivity contribution in [1.82, 2.24) is 0 Å². The summed E-state index contributed by atoms with van der Waals surface area (Å²) < 4.78 is 5.72. The van der Waals surface area contributed by atoms with Crippen LogP contribution in [0.4, 0.5) is 0 Å². The van der Waals surface area contributed by atoms with E-state index in [0.29, 0.717) is 6.61 Å². The maximum Gasteiger partial charge on any atom is 0.108 e. The molecule has 0 amide bonds. The van der Waals surface area contributed by atoms with E-state index >= 15 is 0 Å². The van der Waals surface area contributed by atoms with Gasteiger partial charge in [-0.1, -0.05) is 69.4 Å². The average molecular weight is 264 g/mol. The summed E-state index contributed by atoms with van der Waals surface area (Å²) in [4.78, 5) is 0. The molecule has 1 N–H and O–H groups in total. The van der Waals surface area contributed by atoms with E-state index < -0.39 is 6.10 Å². The van der Waals surface area contributed by atoms with Crippen molar-refractivity contribution in [2.24, 2.45) is 0 Å². The topological polar surface area (TPSA) is 29.5 Å². The first-order valence-electron chi connectivity index (χ1n) is 7.64. The van der Waals surface area contributed by atoms with Gasteiger partial charge < -0.3 is 9.84 Å². The highest BCUT2D eigenvalue weighted by Crippen LogP contribution is 2.24. The number of aliphatic hydroxyl groups excluding tert-OH is 1. The Morgan fingerprint density at radius 2 is 1.68 bits per heavy atom. The second-order valence-corrected chi connectivity index (χ2v) is 5.06. The first kappa shape index (κ1) is 16.2. The minimum absolute atomic E-state index is 0.183. The molecule has 108 valence electrons. The molecule has 0 aliphatic rings. The van der Waals surface area contributed by atoms with Gasteiger partial charge in [-0.2, -0.15) is 0 Å². The number of aliphatic hydroxyl groups is 1. The van der Waals surface area contributed by atoms with Gasteiger partial charge >= 0.3 is 0 Å². The van der Waals surface area contributed by atoms with Gasteiger partial charge in [0.05, 0.1) is 6.10 Å². The summed E-state index contributed by atoms with van der Waals surface area (Å²) in [6.45, 7) is 4.83. The number of benzene rings is 1. The van der Waals surface area contributed by atoms with Gasteiger partial charge in [0.15, 0.2) is 0 Å². The van der Waals surface area contributed by atoms with Gasteiger partial charge in [0, 0.05) is 6.61 Å². The molecule has 0 aromatic heterocycles. The molecule has 0 bridgehead atoms. The summed E-state index contributed by atoms with van der Waals surface area (Å²) in [5.74, 6) is 0. The molecule has 0 aliphatic heterocycles. The van der Waals surface area contributed by atoms with Crippen molar-refractivity contribution >= 4 is 0 Å². The predicted molar refractivity (Wildman–Crippen MR) is 80.2 cm³/mol. The number of ether oxygens (including phenoxy) is 1. The Balaban J connectivity index is 2.42. The fourth-order valence-electron chi connectivity index (χ4n) is 2.36. The molecule has 0 spiro atoms. The molecule has 0 heterocycles. The van der Waals surface area contributed by atoms with Crippen LogP contribution in [0.15, 0.2) is 30.3 Å². The molecular formula is C17H28O2. The highest BCUT2D eigenvalue weighted by Gasteiger charge is 2.20. The minimum atomic E-state index is -0.399. The monoisotopic (exact) mass is 264 g/mol. The first-order chi connectivity index (χ1) is 9.29. The summed E-state index contributed by atoms with van der Waals surface area (Å²) in [6.07, 6.45) is 6.35. The second-order valence-electron chi connectivity index (χ2n) is 5.06. The van der Waals surface area contributed by atoms with E-state index in [9.17, 15) is 5.11 Å². The summed E-state index contributed by atoms with van der Waals surface area (Å²) >= 11 is 0. The molecule has 2 unspecified atom stereocenters. The van der Waals surface area contributed by atoms with Crippen molar-refractivity contribution in [2.45, 2.75) is 64.6 Å². The zero-order valence-corrected chi connectivity index (χ0v) is 12.3. The molecule has 1 aromatic rings. The van der Waals surface area contributed by atoms with Gasteiger partial charge in [0.1, 0.15) is 6.10 Å². The lowest BCUT2D eigenvalue weighted by Gasteiger charge is -2.23. The molecule has 0 saturated heterocycles. The van der Waals surface area contributed by atoms with Crippen LogP contribution in [0.1, 0.15) is 64.0 Å². The maximum atomic E-state index is 10.3. The van der Waals surface area contributed by atoms with Crippen LogP contribution in [0, 0.1) is 0 Å². The fourth-order valence-corrected chi connectivity index (χ4v) is 2.36.